The smallest absolute Gasteiger partial charge is 1.00 e. The standard InChI is InChI=1S/C11H12N3O3.C8H9F2NO2.Ca.3FH/c12-10(15)8-6-7(3-4-13-8)14-11(16)9-2-1-5-17-9;9-8(10)6-2-1-3-7(11-6)13-5-4-12;;;;/h3-6,9H,1-2H2,(H2,12,15)(H,13,14,16);1-3,8,12H,4-5H2;;3*1H/q-1;;+2;;;/p-3. The van der Waals surface area contributed by atoms with Gasteiger partial charge in [0, 0.05) is 18.0 Å². The minimum Gasteiger partial charge on any atom is -1.00 e. The van der Waals surface area contributed by atoms with Gasteiger partial charge in [0.2, 0.25) is 11.8 Å². The van der Waals surface area contributed by atoms with Crippen LogP contribution in [0.15, 0.2) is 36.5 Å². The van der Waals surface area contributed by atoms with E-state index in [1.165, 1.54) is 30.5 Å². The first-order valence-corrected chi connectivity index (χ1v) is 8.93. The van der Waals surface area contributed by atoms with E-state index < -0.39 is 18.4 Å². The molecular formula is C19H21CaF5N4O5-2. The van der Waals surface area contributed by atoms with Crippen molar-refractivity contribution in [1.29, 1.82) is 0 Å². The van der Waals surface area contributed by atoms with Gasteiger partial charge in [0.25, 0.3) is 12.3 Å². The number of primary amides is 1. The molecule has 3 heterocycles. The van der Waals surface area contributed by atoms with E-state index in [9.17, 15) is 18.4 Å². The average molecular weight is 520 g/mol. The molecule has 0 spiro atoms. The zero-order chi connectivity index (χ0) is 21.9. The molecule has 0 aromatic carbocycles. The van der Waals surface area contributed by atoms with Crippen molar-refractivity contribution in [3.05, 3.63) is 54.5 Å². The maximum absolute atomic E-state index is 12.1. The van der Waals surface area contributed by atoms with Crippen molar-refractivity contribution >= 4 is 55.2 Å². The van der Waals surface area contributed by atoms with Crippen molar-refractivity contribution < 1.29 is 47.1 Å². The zero-order valence-electron chi connectivity index (χ0n) is 17.7. The molecule has 9 nitrogen and oxygen atoms in total. The molecule has 34 heavy (non-hydrogen) atoms. The molecule has 0 saturated carbocycles. The number of alkyl halides is 2. The second-order valence-corrected chi connectivity index (χ2v) is 5.93. The van der Waals surface area contributed by atoms with Crippen LogP contribution in [0.1, 0.15) is 35.4 Å². The predicted octanol–water partition coefficient (Wildman–Crippen LogP) is -7.52. The normalized spacial score (nSPS) is 13.5. The summed E-state index contributed by atoms with van der Waals surface area (Å²) in [5.74, 6) is -0.765. The number of nitrogens with zero attached hydrogens (tertiary/aromatic N) is 2. The number of ether oxygens (including phenoxy) is 2. The minimum atomic E-state index is -2.60. The summed E-state index contributed by atoms with van der Waals surface area (Å²) >= 11 is 0. The maximum Gasteiger partial charge on any atom is 2.00 e. The van der Waals surface area contributed by atoms with Crippen molar-refractivity contribution in [2.24, 2.45) is 5.73 Å². The molecule has 15 heteroatoms. The van der Waals surface area contributed by atoms with Crippen molar-refractivity contribution in [1.82, 2.24) is 9.97 Å². The van der Waals surface area contributed by atoms with E-state index in [-0.39, 0.29) is 88.2 Å². The molecule has 2 amide bonds. The average Bonchev–Trinajstić information content (AvgIpc) is 3.28. The van der Waals surface area contributed by atoms with Crippen molar-refractivity contribution in [3.8, 4) is 5.88 Å². The van der Waals surface area contributed by atoms with Gasteiger partial charge in [-0.05, 0) is 24.6 Å². The molecule has 4 N–H and O–H groups in total. The van der Waals surface area contributed by atoms with E-state index in [4.69, 9.17) is 20.3 Å². The maximum atomic E-state index is 12.1. The number of carbonyl (C=O) groups excluding carboxylic acids is 2. The summed E-state index contributed by atoms with van der Waals surface area (Å²) in [6.45, 7) is 1.51. The van der Waals surface area contributed by atoms with Crippen molar-refractivity contribution in [3.63, 3.8) is 0 Å². The van der Waals surface area contributed by atoms with Crippen LogP contribution in [0.4, 0.5) is 14.5 Å². The second-order valence-electron chi connectivity index (χ2n) is 5.93. The number of hydrogen-bond acceptors (Lipinski definition) is 7. The number of aromatic nitrogens is 2. The van der Waals surface area contributed by atoms with Gasteiger partial charge in [-0.15, -0.1) is 0 Å². The van der Waals surface area contributed by atoms with Crippen molar-refractivity contribution in [2.75, 3.05) is 18.5 Å². The van der Waals surface area contributed by atoms with E-state index in [0.29, 0.717) is 12.1 Å². The number of halogens is 5. The summed E-state index contributed by atoms with van der Waals surface area (Å²) in [5, 5.41) is 11.1. The fourth-order valence-corrected chi connectivity index (χ4v) is 2.31. The van der Waals surface area contributed by atoms with Gasteiger partial charge in [0.1, 0.15) is 24.1 Å². The fourth-order valence-electron chi connectivity index (χ4n) is 2.31. The van der Waals surface area contributed by atoms with Gasteiger partial charge < -0.3 is 39.7 Å². The van der Waals surface area contributed by atoms with Gasteiger partial charge in [-0.25, -0.2) is 20.4 Å². The Bertz CT molecular complexity index is 863. The summed E-state index contributed by atoms with van der Waals surface area (Å²) in [6, 6.07) is 7.13. The molecule has 3 rings (SSSR count). The van der Waals surface area contributed by atoms with Crippen LogP contribution in [-0.2, 0) is 9.53 Å². The van der Waals surface area contributed by atoms with Crippen LogP contribution in [0.2, 0.25) is 0 Å². The zero-order valence-corrected chi connectivity index (χ0v) is 19.9. The van der Waals surface area contributed by atoms with Crippen molar-refractivity contribution in [2.45, 2.75) is 25.4 Å². The Morgan fingerprint density at radius 1 is 1.29 bits per heavy atom. The number of pyridine rings is 2. The van der Waals surface area contributed by atoms with Crippen LogP contribution in [0.25, 0.3) is 0 Å². The number of hydrogen-bond donors (Lipinski definition) is 3. The molecule has 186 valence electrons. The third-order valence-electron chi connectivity index (χ3n) is 3.69. The third-order valence-corrected chi connectivity index (χ3v) is 3.69. The summed E-state index contributed by atoms with van der Waals surface area (Å²) in [4.78, 5) is 29.9. The number of nitrogens with one attached hydrogen (secondary N) is 1. The molecule has 1 atom stereocenters. The van der Waals surface area contributed by atoms with E-state index in [0.717, 1.165) is 6.42 Å². The van der Waals surface area contributed by atoms with Gasteiger partial charge in [0.05, 0.1) is 6.61 Å². The Morgan fingerprint density at radius 3 is 2.56 bits per heavy atom. The van der Waals surface area contributed by atoms with Crippen LogP contribution in [-0.4, -0.2) is 83.9 Å². The van der Waals surface area contributed by atoms with Gasteiger partial charge >= 0.3 is 37.7 Å². The molecule has 1 aliphatic rings. The Balaban J connectivity index is -0.000000520. The Labute approximate surface area is 221 Å². The molecule has 1 fully saturated rings. The molecule has 1 unspecified atom stereocenters. The van der Waals surface area contributed by atoms with Crippen LogP contribution >= 0.6 is 0 Å². The number of carbonyl (C=O) groups is 2. The van der Waals surface area contributed by atoms with E-state index in [2.05, 4.69) is 15.3 Å². The van der Waals surface area contributed by atoms with Gasteiger partial charge in [-0.2, -0.15) is 6.42 Å². The summed E-state index contributed by atoms with van der Waals surface area (Å²) in [7, 11) is 0. The first kappa shape index (κ1) is 36.4. The Morgan fingerprint density at radius 2 is 2.00 bits per heavy atom. The fraction of sp³-hybridized carbons (Fsp3) is 0.316. The molecule has 0 aliphatic carbocycles. The van der Waals surface area contributed by atoms with E-state index >= 15 is 0 Å². The summed E-state index contributed by atoms with van der Waals surface area (Å²) < 4.78 is 34.2. The molecular weight excluding hydrogens is 499 g/mol. The van der Waals surface area contributed by atoms with Crippen LogP contribution in [0.3, 0.4) is 0 Å². The molecule has 2 aromatic heterocycles. The molecule has 1 aliphatic heterocycles. The number of amides is 2. The van der Waals surface area contributed by atoms with Crippen LogP contribution in [0.5, 0.6) is 5.88 Å². The monoisotopic (exact) mass is 520 g/mol. The minimum absolute atomic E-state index is 0. The first-order chi connectivity index (χ1) is 14.4. The number of nitrogens with two attached hydrogens (primary N) is 1. The second kappa shape index (κ2) is 19.2. The topological polar surface area (TPSA) is 137 Å². The molecule has 0 bridgehead atoms. The van der Waals surface area contributed by atoms with E-state index in [1.807, 2.05) is 0 Å². The van der Waals surface area contributed by atoms with Crippen LogP contribution < -0.4 is 29.9 Å². The van der Waals surface area contributed by atoms with Gasteiger partial charge in [-0.1, -0.05) is 6.07 Å². The number of anilines is 1. The van der Waals surface area contributed by atoms with Gasteiger partial charge in [-0.3, -0.25) is 14.6 Å². The van der Waals surface area contributed by atoms with E-state index in [1.54, 1.807) is 12.7 Å². The molecule has 2 aromatic rings. The first-order valence-electron chi connectivity index (χ1n) is 8.93. The molecule has 0 radical (unpaired) electrons. The van der Waals surface area contributed by atoms with Gasteiger partial charge in [0.15, 0.2) is 0 Å². The quantitative estimate of drug-likeness (QED) is 0.188. The Hall–Kier alpha value is -2.13. The SMILES string of the molecule is NC(=O)c1cc(NC(=O)C2CC[CH-]O2)ccn1.OCCOc1cccc(C(F)F)n1.[Ca+2].[F-].[F-].[F-]. The third kappa shape index (κ3) is 12.4. The predicted molar refractivity (Wildman–Crippen MR) is 107 cm³/mol. The van der Waals surface area contributed by atoms with Crippen LogP contribution in [0, 0.1) is 6.61 Å². The summed E-state index contributed by atoms with van der Waals surface area (Å²) in [5.41, 5.74) is 5.36. The number of rotatable bonds is 7. The summed E-state index contributed by atoms with van der Waals surface area (Å²) in [6.07, 6.45) is -0.212. The number of aliphatic hydroxyl groups is 1. The largest absolute Gasteiger partial charge is 2.00 e. The Kier molecular flexibility index (Phi) is 20.6. The number of aliphatic hydroxyl groups excluding tert-OH is 1. The molecule has 1 saturated heterocycles.